The first-order valence-electron chi connectivity index (χ1n) is 5.81. The molecule has 6 heteroatoms. The van der Waals surface area contributed by atoms with Crippen LogP contribution >= 0.6 is 11.6 Å². The zero-order chi connectivity index (χ0) is 13.2. The summed E-state index contributed by atoms with van der Waals surface area (Å²) < 4.78 is 5.39. The highest BCUT2D eigenvalue weighted by Crippen LogP contribution is 2.21. The highest BCUT2D eigenvalue weighted by atomic mass is 35.5. The topological polar surface area (TPSA) is 77.2 Å². The van der Waals surface area contributed by atoms with E-state index < -0.39 is 0 Å². The second-order valence-corrected chi connectivity index (χ2v) is 5.17. The number of nitrogens with zero attached hydrogens (tertiary/aromatic N) is 1. The summed E-state index contributed by atoms with van der Waals surface area (Å²) in [6, 6.07) is 1.48. The van der Waals surface area contributed by atoms with Crippen molar-refractivity contribution in [1.29, 1.82) is 0 Å². The van der Waals surface area contributed by atoms with Gasteiger partial charge in [0.15, 0.2) is 0 Å². The standard InChI is InChI=1S/C12H16ClN3O2/c1-12(3-2-4-18-7-12)16-11(17)8-5-10(14)15-6-9(8)13/h5-6H,2-4,7H2,1H3,(H2,14,15)(H,16,17). The molecule has 0 aliphatic carbocycles. The van der Waals surface area contributed by atoms with E-state index in [0.717, 1.165) is 19.4 Å². The molecule has 0 aromatic carbocycles. The van der Waals surface area contributed by atoms with E-state index in [4.69, 9.17) is 22.1 Å². The molecule has 1 atom stereocenters. The summed E-state index contributed by atoms with van der Waals surface area (Å²) in [5.41, 5.74) is 5.55. The molecule has 98 valence electrons. The van der Waals surface area contributed by atoms with Crippen LogP contribution in [0.5, 0.6) is 0 Å². The van der Waals surface area contributed by atoms with E-state index in [1.165, 1.54) is 12.3 Å². The molecule has 1 aliphatic heterocycles. The average Bonchev–Trinajstić information content (AvgIpc) is 2.32. The van der Waals surface area contributed by atoms with Crippen LogP contribution in [-0.4, -0.2) is 29.6 Å². The summed E-state index contributed by atoms with van der Waals surface area (Å²) in [5, 5.41) is 3.24. The maximum Gasteiger partial charge on any atom is 0.253 e. The highest BCUT2D eigenvalue weighted by molar-refractivity contribution is 6.33. The number of hydrogen-bond acceptors (Lipinski definition) is 4. The van der Waals surface area contributed by atoms with Crippen LogP contribution in [0.3, 0.4) is 0 Å². The molecule has 2 rings (SSSR count). The first-order valence-corrected chi connectivity index (χ1v) is 6.19. The number of anilines is 1. The van der Waals surface area contributed by atoms with Gasteiger partial charge in [-0.1, -0.05) is 11.6 Å². The highest BCUT2D eigenvalue weighted by Gasteiger charge is 2.30. The molecular weight excluding hydrogens is 254 g/mol. The summed E-state index contributed by atoms with van der Waals surface area (Å²) in [6.07, 6.45) is 3.20. The number of halogens is 1. The fourth-order valence-electron chi connectivity index (χ4n) is 2.00. The third kappa shape index (κ3) is 2.91. The fraction of sp³-hybridized carbons (Fsp3) is 0.500. The lowest BCUT2D eigenvalue weighted by atomic mass is 9.94. The minimum absolute atomic E-state index is 0.248. The third-order valence-corrected chi connectivity index (χ3v) is 3.28. The summed E-state index contributed by atoms with van der Waals surface area (Å²) in [5.74, 6) is 0.0247. The van der Waals surface area contributed by atoms with Gasteiger partial charge < -0.3 is 15.8 Å². The van der Waals surface area contributed by atoms with Crippen LogP contribution in [0.2, 0.25) is 5.02 Å². The molecule has 2 heterocycles. The fourth-order valence-corrected chi connectivity index (χ4v) is 2.19. The molecule has 0 saturated carbocycles. The molecule has 1 unspecified atom stereocenters. The van der Waals surface area contributed by atoms with Crippen molar-refractivity contribution in [3.63, 3.8) is 0 Å². The van der Waals surface area contributed by atoms with E-state index >= 15 is 0 Å². The van der Waals surface area contributed by atoms with Gasteiger partial charge >= 0.3 is 0 Å². The van der Waals surface area contributed by atoms with Crippen LogP contribution in [-0.2, 0) is 4.74 Å². The van der Waals surface area contributed by atoms with Crippen LogP contribution in [0.25, 0.3) is 0 Å². The smallest absolute Gasteiger partial charge is 0.253 e. The number of ether oxygens (including phenoxy) is 1. The zero-order valence-electron chi connectivity index (χ0n) is 10.2. The Morgan fingerprint density at radius 2 is 2.44 bits per heavy atom. The zero-order valence-corrected chi connectivity index (χ0v) is 11.0. The lowest BCUT2D eigenvalue weighted by Crippen LogP contribution is -2.51. The van der Waals surface area contributed by atoms with Crippen LogP contribution < -0.4 is 11.1 Å². The first-order chi connectivity index (χ1) is 8.50. The van der Waals surface area contributed by atoms with Gasteiger partial charge in [0.25, 0.3) is 5.91 Å². The number of nitrogens with one attached hydrogen (secondary N) is 1. The number of hydrogen-bond donors (Lipinski definition) is 2. The first kappa shape index (κ1) is 13.1. The second kappa shape index (κ2) is 5.12. The predicted octanol–water partition coefficient (Wildman–Crippen LogP) is 1.62. The Kier molecular flexibility index (Phi) is 3.73. The van der Waals surface area contributed by atoms with E-state index in [0.29, 0.717) is 17.2 Å². The molecule has 1 aromatic rings. The van der Waals surface area contributed by atoms with Crippen molar-refractivity contribution in [1.82, 2.24) is 10.3 Å². The van der Waals surface area contributed by atoms with E-state index in [-0.39, 0.29) is 17.3 Å². The van der Waals surface area contributed by atoms with Crippen molar-refractivity contribution in [2.75, 3.05) is 18.9 Å². The molecule has 1 fully saturated rings. The predicted molar refractivity (Wildman–Crippen MR) is 69.6 cm³/mol. The number of carbonyl (C=O) groups is 1. The van der Waals surface area contributed by atoms with Gasteiger partial charge in [0.2, 0.25) is 0 Å². The average molecular weight is 270 g/mol. The lowest BCUT2D eigenvalue weighted by molar-refractivity contribution is 0.0272. The summed E-state index contributed by atoms with van der Waals surface area (Å²) in [4.78, 5) is 16.0. The number of carbonyl (C=O) groups excluding carboxylic acids is 1. The van der Waals surface area contributed by atoms with Crippen LogP contribution in [0, 0.1) is 0 Å². The molecule has 1 aliphatic rings. The number of nitrogens with two attached hydrogens (primary N) is 1. The number of aromatic nitrogens is 1. The summed E-state index contributed by atoms with van der Waals surface area (Å²) in [6.45, 7) is 3.22. The van der Waals surface area contributed by atoms with Gasteiger partial charge in [-0.2, -0.15) is 0 Å². The Hall–Kier alpha value is -1.33. The van der Waals surface area contributed by atoms with Crippen LogP contribution in [0.15, 0.2) is 12.3 Å². The van der Waals surface area contributed by atoms with E-state index in [9.17, 15) is 4.79 Å². The normalized spacial score (nSPS) is 23.7. The van der Waals surface area contributed by atoms with Gasteiger partial charge in [0.05, 0.1) is 22.7 Å². The minimum atomic E-state index is -0.351. The Morgan fingerprint density at radius 3 is 3.11 bits per heavy atom. The Balaban J connectivity index is 2.14. The molecular formula is C12H16ClN3O2. The van der Waals surface area contributed by atoms with E-state index in [1.54, 1.807) is 0 Å². The molecule has 1 aromatic heterocycles. The van der Waals surface area contributed by atoms with Gasteiger partial charge in [0.1, 0.15) is 5.82 Å². The van der Waals surface area contributed by atoms with Gasteiger partial charge in [-0.05, 0) is 25.8 Å². The summed E-state index contributed by atoms with van der Waals surface area (Å²) >= 11 is 5.94. The Labute approximate surface area is 111 Å². The minimum Gasteiger partial charge on any atom is -0.384 e. The maximum atomic E-state index is 12.2. The molecule has 0 spiro atoms. The van der Waals surface area contributed by atoms with Crippen molar-refractivity contribution in [2.45, 2.75) is 25.3 Å². The van der Waals surface area contributed by atoms with Gasteiger partial charge in [0, 0.05) is 12.8 Å². The maximum absolute atomic E-state index is 12.2. The SMILES string of the molecule is CC1(NC(=O)c2cc(N)ncc2Cl)CCCOC1. The third-order valence-electron chi connectivity index (χ3n) is 2.97. The molecule has 18 heavy (non-hydrogen) atoms. The lowest BCUT2D eigenvalue weighted by Gasteiger charge is -2.34. The van der Waals surface area contributed by atoms with E-state index in [1.807, 2.05) is 6.92 Å². The van der Waals surface area contributed by atoms with Crippen molar-refractivity contribution >= 4 is 23.3 Å². The van der Waals surface area contributed by atoms with Gasteiger partial charge in [-0.15, -0.1) is 0 Å². The Bertz CT molecular complexity index is 459. The number of pyridine rings is 1. The van der Waals surface area contributed by atoms with Crippen molar-refractivity contribution in [3.8, 4) is 0 Å². The monoisotopic (exact) mass is 269 g/mol. The van der Waals surface area contributed by atoms with Crippen LogP contribution in [0.4, 0.5) is 5.82 Å². The summed E-state index contributed by atoms with van der Waals surface area (Å²) in [7, 11) is 0. The molecule has 5 nitrogen and oxygen atoms in total. The quantitative estimate of drug-likeness (QED) is 0.855. The molecule has 0 radical (unpaired) electrons. The van der Waals surface area contributed by atoms with Crippen molar-refractivity contribution in [2.24, 2.45) is 0 Å². The second-order valence-electron chi connectivity index (χ2n) is 4.76. The number of rotatable bonds is 2. The molecule has 3 N–H and O–H groups in total. The van der Waals surface area contributed by atoms with Gasteiger partial charge in [-0.3, -0.25) is 4.79 Å². The molecule has 1 saturated heterocycles. The Morgan fingerprint density at radius 1 is 1.67 bits per heavy atom. The number of amides is 1. The number of nitrogen functional groups attached to an aromatic ring is 1. The van der Waals surface area contributed by atoms with Crippen LogP contribution in [0.1, 0.15) is 30.1 Å². The van der Waals surface area contributed by atoms with Crippen molar-refractivity contribution < 1.29 is 9.53 Å². The van der Waals surface area contributed by atoms with Gasteiger partial charge in [-0.25, -0.2) is 4.98 Å². The molecule has 1 amide bonds. The van der Waals surface area contributed by atoms with E-state index in [2.05, 4.69) is 10.3 Å². The molecule has 0 bridgehead atoms. The largest absolute Gasteiger partial charge is 0.384 e. The van der Waals surface area contributed by atoms with Crippen molar-refractivity contribution in [3.05, 3.63) is 22.8 Å².